The Kier molecular flexibility index (Phi) is 7.97. The summed E-state index contributed by atoms with van der Waals surface area (Å²) in [6, 6.07) is 7.83. The highest BCUT2D eigenvalue weighted by molar-refractivity contribution is 5.87. The Labute approximate surface area is 139 Å². The van der Waals surface area contributed by atoms with Gasteiger partial charge in [-0.3, -0.25) is 4.79 Å². The Morgan fingerprint density at radius 2 is 1.83 bits per heavy atom. The van der Waals surface area contributed by atoms with Crippen molar-refractivity contribution in [3.05, 3.63) is 35.9 Å². The molecule has 1 aromatic carbocycles. The van der Waals surface area contributed by atoms with Gasteiger partial charge in [-0.1, -0.05) is 30.3 Å². The fourth-order valence-electron chi connectivity index (χ4n) is 1.78. The number of carboxylic acids is 1. The number of hydrogen-bond donors (Lipinski definition) is 3. The highest BCUT2D eigenvalue weighted by Gasteiger charge is 2.20. The van der Waals surface area contributed by atoms with E-state index in [9.17, 15) is 19.2 Å². The van der Waals surface area contributed by atoms with Crippen LogP contribution < -0.4 is 10.6 Å². The molecule has 0 aliphatic heterocycles. The van der Waals surface area contributed by atoms with Crippen molar-refractivity contribution < 1.29 is 29.0 Å². The van der Waals surface area contributed by atoms with E-state index < -0.39 is 30.6 Å². The summed E-state index contributed by atoms with van der Waals surface area (Å²) in [6.07, 6.45) is -0.747. The molecule has 0 aliphatic rings. The molecule has 0 bridgehead atoms. The van der Waals surface area contributed by atoms with Gasteiger partial charge in [0.05, 0.1) is 0 Å². The van der Waals surface area contributed by atoms with Crippen LogP contribution in [0.25, 0.3) is 0 Å². The van der Waals surface area contributed by atoms with Crippen LogP contribution in [0.1, 0.15) is 25.3 Å². The molecule has 130 valence electrons. The molecule has 8 nitrogen and oxygen atoms in total. The molecule has 0 saturated heterocycles. The number of ketones is 1. The van der Waals surface area contributed by atoms with Gasteiger partial charge in [0, 0.05) is 6.42 Å². The number of carbonyl (C=O) groups excluding carboxylic acids is 3. The Morgan fingerprint density at radius 1 is 1.17 bits per heavy atom. The second-order valence-electron chi connectivity index (χ2n) is 5.11. The van der Waals surface area contributed by atoms with E-state index in [0.29, 0.717) is 0 Å². The lowest BCUT2D eigenvalue weighted by atomic mass is 10.1. The number of Topliss-reactive ketones (excluding diaryl/α,β-unsaturated/α-hetero) is 1. The number of ether oxygens (including phenoxy) is 1. The lowest BCUT2D eigenvalue weighted by Gasteiger charge is -2.14. The normalized spacial score (nSPS) is 11.2. The van der Waals surface area contributed by atoms with Gasteiger partial charge in [0.2, 0.25) is 5.91 Å². The number of amides is 2. The molecule has 24 heavy (non-hydrogen) atoms. The lowest BCUT2D eigenvalue weighted by molar-refractivity contribution is -0.142. The maximum atomic E-state index is 11.7. The molecule has 0 aromatic heterocycles. The van der Waals surface area contributed by atoms with E-state index in [1.54, 1.807) is 24.3 Å². The average molecular weight is 336 g/mol. The van der Waals surface area contributed by atoms with Gasteiger partial charge in [0.15, 0.2) is 0 Å². The van der Waals surface area contributed by atoms with E-state index in [0.717, 1.165) is 5.56 Å². The third-order valence-electron chi connectivity index (χ3n) is 3.02. The smallest absolute Gasteiger partial charge is 0.407 e. The fourth-order valence-corrected chi connectivity index (χ4v) is 1.78. The largest absolute Gasteiger partial charge is 0.480 e. The second kappa shape index (κ2) is 9.98. The van der Waals surface area contributed by atoms with Crippen molar-refractivity contribution in [2.45, 2.75) is 32.4 Å². The first-order valence-electron chi connectivity index (χ1n) is 7.34. The fraction of sp³-hybridized carbons (Fsp3) is 0.375. The predicted molar refractivity (Wildman–Crippen MR) is 84.1 cm³/mol. The molecular weight excluding hydrogens is 316 g/mol. The predicted octanol–water partition coefficient (Wildman–Crippen LogP) is 0.851. The maximum Gasteiger partial charge on any atom is 0.407 e. The number of hydrogen-bond acceptors (Lipinski definition) is 5. The Hall–Kier alpha value is -2.90. The first-order chi connectivity index (χ1) is 11.4. The van der Waals surface area contributed by atoms with Crippen molar-refractivity contribution in [3.8, 4) is 0 Å². The van der Waals surface area contributed by atoms with Crippen LogP contribution in [0.5, 0.6) is 0 Å². The van der Waals surface area contributed by atoms with Gasteiger partial charge in [-0.15, -0.1) is 0 Å². The number of benzene rings is 1. The van der Waals surface area contributed by atoms with Crippen LogP contribution in [-0.2, 0) is 25.7 Å². The molecule has 1 rings (SSSR count). The first-order valence-corrected chi connectivity index (χ1v) is 7.34. The molecule has 0 unspecified atom stereocenters. The number of nitrogens with one attached hydrogen (secondary N) is 2. The molecular formula is C16H20N2O6. The second-order valence-corrected chi connectivity index (χ2v) is 5.11. The summed E-state index contributed by atoms with van der Waals surface area (Å²) in [4.78, 5) is 45.0. The van der Waals surface area contributed by atoms with Gasteiger partial charge in [-0.2, -0.15) is 0 Å². The minimum atomic E-state index is -1.24. The third-order valence-corrected chi connectivity index (χ3v) is 3.02. The van der Waals surface area contributed by atoms with Crippen molar-refractivity contribution in [2.24, 2.45) is 0 Å². The highest BCUT2D eigenvalue weighted by atomic mass is 16.5. The molecule has 2 amide bonds. The van der Waals surface area contributed by atoms with Gasteiger partial charge in [-0.05, 0) is 18.9 Å². The van der Waals surface area contributed by atoms with Gasteiger partial charge in [0.25, 0.3) is 0 Å². The van der Waals surface area contributed by atoms with Crippen LogP contribution in [0, 0.1) is 0 Å². The van der Waals surface area contributed by atoms with Crippen LogP contribution in [-0.4, -0.2) is 41.4 Å². The van der Waals surface area contributed by atoms with Gasteiger partial charge >= 0.3 is 12.1 Å². The summed E-state index contributed by atoms with van der Waals surface area (Å²) < 4.78 is 4.92. The molecule has 0 heterocycles. The highest BCUT2D eigenvalue weighted by Crippen LogP contribution is 2.01. The Balaban J connectivity index is 2.31. The molecule has 0 radical (unpaired) electrons. The summed E-state index contributed by atoms with van der Waals surface area (Å²) in [5, 5.41) is 13.5. The van der Waals surface area contributed by atoms with E-state index in [4.69, 9.17) is 9.84 Å². The summed E-state index contributed by atoms with van der Waals surface area (Å²) in [5.74, 6) is -2.09. The van der Waals surface area contributed by atoms with Crippen molar-refractivity contribution in [1.82, 2.24) is 10.6 Å². The first kappa shape index (κ1) is 19.1. The molecule has 0 aliphatic carbocycles. The van der Waals surface area contributed by atoms with E-state index >= 15 is 0 Å². The third kappa shape index (κ3) is 7.92. The molecule has 0 spiro atoms. The Bertz CT molecular complexity index is 587. The molecule has 1 aromatic rings. The number of alkyl carbamates (subject to hydrolysis) is 1. The number of carbonyl (C=O) groups is 4. The number of carboxylic acid groups (broad SMARTS) is 1. The van der Waals surface area contributed by atoms with Crippen molar-refractivity contribution >= 4 is 23.8 Å². The van der Waals surface area contributed by atoms with Gasteiger partial charge in [-0.25, -0.2) is 9.59 Å². The quantitative estimate of drug-likeness (QED) is 0.614. The number of rotatable bonds is 9. The molecule has 0 fully saturated rings. The van der Waals surface area contributed by atoms with Crippen molar-refractivity contribution in [2.75, 3.05) is 6.54 Å². The molecule has 8 heteroatoms. The Morgan fingerprint density at radius 3 is 2.42 bits per heavy atom. The maximum absolute atomic E-state index is 11.7. The molecule has 3 N–H and O–H groups in total. The van der Waals surface area contributed by atoms with E-state index in [-0.39, 0.29) is 25.2 Å². The van der Waals surface area contributed by atoms with Gasteiger partial charge < -0.3 is 25.3 Å². The summed E-state index contributed by atoms with van der Waals surface area (Å²) >= 11 is 0. The lowest BCUT2D eigenvalue weighted by Crippen LogP contribution is -2.45. The van der Waals surface area contributed by atoms with Crippen LogP contribution >= 0.6 is 0 Å². The van der Waals surface area contributed by atoms with Crippen LogP contribution in [0.2, 0.25) is 0 Å². The topological polar surface area (TPSA) is 122 Å². The molecule has 1 atom stereocenters. The van der Waals surface area contributed by atoms with E-state index in [1.165, 1.54) is 6.92 Å². The van der Waals surface area contributed by atoms with Gasteiger partial charge in [0.1, 0.15) is 25.0 Å². The minimum absolute atomic E-state index is 0.00510. The van der Waals surface area contributed by atoms with E-state index in [1.807, 2.05) is 6.07 Å². The van der Waals surface area contributed by atoms with Crippen LogP contribution in [0.4, 0.5) is 4.79 Å². The summed E-state index contributed by atoms with van der Waals surface area (Å²) in [7, 11) is 0. The average Bonchev–Trinajstić information content (AvgIpc) is 2.55. The zero-order valence-electron chi connectivity index (χ0n) is 13.3. The van der Waals surface area contributed by atoms with E-state index in [2.05, 4.69) is 10.6 Å². The number of aliphatic carboxylic acids is 1. The van der Waals surface area contributed by atoms with Crippen molar-refractivity contribution in [3.63, 3.8) is 0 Å². The standard InChI is InChI=1S/C16H20N2O6/c1-11(19)7-8-13(15(21)22)18-14(20)9-17-16(23)24-10-12-5-3-2-4-6-12/h2-6,13H,7-10H2,1H3,(H,17,23)(H,18,20)(H,21,22)/t13-/m0/s1. The van der Waals surface area contributed by atoms with Crippen LogP contribution in [0.3, 0.4) is 0 Å². The molecule has 0 saturated carbocycles. The zero-order valence-corrected chi connectivity index (χ0v) is 13.3. The zero-order chi connectivity index (χ0) is 17.9. The van der Waals surface area contributed by atoms with Crippen molar-refractivity contribution in [1.29, 1.82) is 0 Å². The summed E-state index contributed by atoms with van der Waals surface area (Å²) in [5.41, 5.74) is 0.798. The monoisotopic (exact) mass is 336 g/mol. The van der Waals surface area contributed by atoms with Crippen LogP contribution in [0.15, 0.2) is 30.3 Å². The SMILES string of the molecule is CC(=O)CC[C@H](NC(=O)CNC(=O)OCc1ccccc1)C(=O)O. The summed E-state index contributed by atoms with van der Waals surface area (Å²) in [6.45, 7) is 0.979. The minimum Gasteiger partial charge on any atom is -0.480 e.